The van der Waals surface area contributed by atoms with E-state index in [1.165, 1.54) is 0 Å². The van der Waals surface area contributed by atoms with E-state index in [4.69, 9.17) is 10.5 Å². The first-order valence-electron chi connectivity index (χ1n) is 4.01. The predicted octanol–water partition coefficient (Wildman–Crippen LogP) is 0.904. The maximum absolute atomic E-state index is 9.89. The van der Waals surface area contributed by atoms with Crippen LogP contribution in [0.3, 0.4) is 0 Å². The van der Waals surface area contributed by atoms with Gasteiger partial charge >= 0.3 is 0 Å². The Morgan fingerprint density at radius 1 is 1.67 bits per heavy atom. The average Bonchev–Trinajstić information content (AvgIpc) is 2.23. The van der Waals surface area contributed by atoms with Gasteiger partial charge in [0.2, 0.25) is 0 Å². The van der Waals surface area contributed by atoms with Gasteiger partial charge in [0.25, 0.3) is 0 Å². The zero-order chi connectivity index (χ0) is 9.35. The molecule has 0 bridgehead atoms. The molecule has 68 valence electrons. The molecule has 3 N–H and O–H groups in total. The van der Waals surface area contributed by atoms with Crippen LogP contribution in [0, 0.1) is 0 Å². The van der Waals surface area contributed by atoms with Crippen molar-refractivity contribution in [1.82, 2.24) is 0 Å². The number of allylic oxidation sites excluding steroid dienone is 1. The van der Waals surface area contributed by atoms with Gasteiger partial charge in [0, 0.05) is 17.3 Å². The van der Waals surface area contributed by atoms with E-state index >= 15 is 0 Å². The van der Waals surface area contributed by atoms with Crippen molar-refractivity contribution < 1.29 is 9.84 Å². The normalized spacial score (nSPS) is 29.2. The SMILES string of the molecule is CCC1=C(OC)C=C(N)C1(C)O. The van der Waals surface area contributed by atoms with E-state index in [1.807, 2.05) is 6.92 Å². The van der Waals surface area contributed by atoms with Crippen molar-refractivity contribution in [2.45, 2.75) is 25.9 Å². The molecule has 0 saturated heterocycles. The fraction of sp³-hybridized carbons (Fsp3) is 0.556. The lowest BCUT2D eigenvalue weighted by atomic mass is 9.95. The molecule has 0 aromatic rings. The largest absolute Gasteiger partial charge is 0.497 e. The monoisotopic (exact) mass is 169 g/mol. The average molecular weight is 169 g/mol. The lowest BCUT2D eigenvalue weighted by Crippen LogP contribution is -2.31. The van der Waals surface area contributed by atoms with Crippen molar-refractivity contribution in [3.05, 3.63) is 23.1 Å². The number of hydrogen-bond donors (Lipinski definition) is 2. The second-order valence-electron chi connectivity index (χ2n) is 3.07. The van der Waals surface area contributed by atoms with E-state index in [-0.39, 0.29) is 0 Å². The van der Waals surface area contributed by atoms with Crippen LogP contribution in [-0.4, -0.2) is 17.8 Å². The second-order valence-corrected chi connectivity index (χ2v) is 3.07. The van der Waals surface area contributed by atoms with Crippen molar-refractivity contribution in [2.24, 2.45) is 5.73 Å². The van der Waals surface area contributed by atoms with Crippen LogP contribution in [-0.2, 0) is 4.74 Å². The molecule has 1 aliphatic rings. The van der Waals surface area contributed by atoms with Gasteiger partial charge in [-0.25, -0.2) is 0 Å². The zero-order valence-electron chi connectivity index (χ0n) is 7.72. The van der Waals surface area contributed by atoms with Gasteiger partial charge in [0.05, 0.1) is 7.11 Å². The maximum Gasteiger partial charge on any atom is 0.126 e. The van der Waals surface area contributed by atoms with Crippen LogP contribution >= 0.6 is 0 Å². The van der Waals surface area contributed by atoms with E-state index in [0.29, 0.717) is 11.5 Å². The van der Waals surface area contributed by atoms with Gasteiger partial charge < -0.3 is 15.6 Å². The Bertz CT molecular complexity index is 251. The number of hydrogen-bond acceptors (Lipinski definition) is 3. The zero-order valence-corrected chi connectivity index (χ0v) is 7.72. The lowest BCUT2D eigenvalue weighted by Gasteiger charge is -2.22. The van der Waals surface area contributed by atoms with E-state index < -0.39 is 5.60 Å². The summed E-state index contributed by atoms with van der Waals surface area (Å²) < 4.78 is 5.08. The molecule has 0 spiro atoms. The van der Waals surface area contributed by atoms with Crippen LogP contribution in [0.1, 0.15) is 20.3 Å². The van der Waals surface area contributed by atoms with E-state index in [1.54, 1.807) is 20.1 Å². The molecule has 0 fully saturated rings. The third kappa shape index (κ3) is 1.10. The number of nitrogens with two attached hydrogens (primary N) is 1. The van der Waals surface area contributed by atoms with Crippen LogP contribution < -0.4 is 5.73 Å². The highest BCUT2D eigenvalue weighted by molar-refractivity contribution is 5.44. The Hall–Kier alpha value is -0.960. The van der Waals surface area contributed by atoms with Crippen molar-refractivity contribution in [1.29, 1.82) is 0 Å². The molecule has 3 nitrogen and oxygen atoms in total. The molecule has 3 heteroatoms. The Balaban J connectivity index is 3.08. The number of rotatable bonds is 2. The number of methoxy groups -OCH3 is 1. The highest BCUT2D eigenvalue weighted by atomic mass is 16.5. The maximum atomic E-state index is 9.89. The molecule has 0 aromatic carbocycles. The third-order valence-corrected chi connectivity index (χ3v) is 2.31. The smallest absolute Gasteiger partial charge is 0.126 e. The molecule has 0 saturated carbocycles. The van der Waals surface area contributed by atoms with Gasteiger partial charge in [-0.15, -0.1) is 0 Å². The molecule has 12 heavy (non-hydrogen) atoms. The molecule has 0 amide bonds. The van der Waals surface area contributed by atoms with Gasteiger partial charge in [0.15, 0.2) is 0 Å². The van der Waals surface area contributed by atoms with E-state index in [0.717, 1.165) is 12.0 Å². The Morgan fingerprint density at radius 2 is 2.25 bits per heavy atom. The minimum absolute atomic E-state index is 0.455. The van der Waals surface area contributed by atoms with Crippen molar-refractivity contribution >= 4 is 0 Å². The first kappa shape index (κ1) is 9.13. The summed E-state index contributed by atoms with van der Waals surface area (Å²) in [5, 5.41) is 9.89. The first-order chi connectivity index (χ1) is 5.54. The molecule has 0 aromatic heterocycles. The van der Waals surface area contributed by atoms with Crippen molar-refractivity contribution in [3.8, 4) is 0 Å². The predicted molar refractivity (Wildman–Crippen MR) is 47.2 cm³/mol. The number of aliphatic hydroxyl groups is 1. The summed E-state index contributed by atoms with van der Waals surface area (Å²) in [6, 6.07) is 0. The summed E-state index contributed by atoms with van der Waals surface area (Å²) in [5.74, 6) is 0.694. The van der Waals surface area contributed by atoms with Gasteiger partial charge in [-0.1, -0.05) is 6.92 Å². The molecule has 1 unspecified atom stereocenters. The van der Waals surface area contributed by atoms with Crippen LogP contribution in [0.25, 0.3) is 0 Å². The van der Waals surface area contributed by atoms with E-state index in [2.05, 4.69) is 0 Å². The molecule has 1 rings (SSSR count). The van der Waals surface area contributed by atoms with E-state index in [9.17, 15) is 5.11 Å². The summed E-state index contributed by atoms with van der Waals surface area (Å²) in [5.41, 5.74) is 5.92. The van der Waals surface area contributed by atoms with Crippen molar-refractivity contribution in [3.63, 3.8) is 0 Å². The van der Waals surface area contributed by atoms with Crippen LogP contribution in [0.4, 0.5) is 0 Å². The summed E-state index contributed by atoms with van der Waals surface area (Å²) >= 11 is 0. The molecule has 1 atom stereocenters. The van der Waals surface area contributed by atoms with Gasteiger partial charge in [-0.3, -0.25) is 0 Å². The van der Waals surface area contributed by atoms with Gasteiger partial charge in [-0.05, 0) is 13.3 Å². The third-order valence-electron chi connectivity index (χ3n) is 2.31. The number of ether oxygens (including phenoxy) is 1. The molecule has 0 heterocycles. The Morgan fingerprint density at radius 3 is 2.58 bits per heavy atom. The summed E-state index contributed by atoms with van der Waals surface area (Å²) in [7, 11) is 1.58. The molecule has 0 aliphatic heterocycles. The Labute approximate surface area is 72.5 Å². The first-order valence-corrected chi connectivity index (χ1v) is 4.01. The second kappa shape index (κ2) is 2.83. The lowest BCUT2D eigenvalue weighted by molar-refractivity contribution is 0.132. The fourth-order valence-electron chi connectivity index (χ4n) is 1.48. The van der Waals surface area contributed by atoms with Crippen LogP contribution in [0.15, 0.2) is 23.1 Å². The quantitative estimate of drug-likeness (QED) is 0.646. The summed E-state index contributed by atoms with van der Waals surface area (Å²) in [4.78, 5) is 0. The Kier molecular flexibility index (Phi) is 2.15. The van der Waals surface area contributed by atoms with Gasteiger partial charge in [-0.2, -0.15) is 0 Å². The van der Waals surface area contributed by atoms with Crippen LogP contribution in [0.2, 0.25) is 0 Å². The topological polar surface area (TPSA) is 55.5 Å². The minimum atomic E-state index is -1.01. The molecule has 0 radical (unpaired) electrons. The molecule has 1 aliphatic carbocycles. The van der Waals surface area contributed by atoms with Gasteiger partial charge in [0.1, 0.15) is 11.4 Å². The summed E-state index contributed by atoms with van der Waals surface area (Å²) in [6.45, 7) is 3.65. The molecular weight excluding hydrogens is 154 g/mol. The van der Waals surface area contributed by atoms with Crippen LogP contribution in [0.5, 0.6) is 0 Å². The molecular formula is C9H15NO2. The highest BCUT2D eigenvalue weighted by Gasteiger charge is 2.35. The fourth-order valence-corrected chi connectivity index (χ4v) is 1.48. The van der Waals surface area contributed by atoms with Crippen molar-refractivity contribution in [2.75, 3.05) is 7.11 Å². The highest BCUT2D eigenvalue weighted by Crippen LogP contribution is 2.34. The summed E-state index contributed by atoms with van der Waals surface area (Å²) in [6.07, 6.45) is 2.42. The minimum Gasteiger partial charge on any atom is -0.497 e. The standard InChI is InChI=1S/C9H15NO2/c1-4-6-7(12-3)5-8(10)9(6,2)11/h5,11H,4,10H2,1-3H3.